The van der Waals surface area contributed by atoms with Crippen LogP contribution in [0.2, 0.25) is 0 Å². The number of fused-ring (bicyclic) bond motifs is 2. The van der Waals surface area contributed by atoms with E-state index in [1.54, 1.807) is 29.4 Å². The Balaban J connectivity index is 1.76. The normalized spacial score (nSPS) is 10.8. The van der Waals surface area contributed by atoms with E-state index >= 15 is 0 Å². The molecule has 0 aliphatic heterocycles. The van der Waals surface area contributed by atoms with E-state index in [4.69, 9.17) is 5.26 Å². The standard InChI is InChI=1S/C24H20N4O2/c25-12-6-14-27(16-18-7-5-13-26-15-18)23(29)17-28-21-10-3-1-8-19(21)24(30)20-9-2-4-11-22(20)28/h1-5,7-11,13,15H,6,14,16-17H2. The van der Waals surface area contributed by atoms with Gasteiger partial charge in [-0.15, -0.1) is 0 Å². The van der Waals surface area contributed by atoms with Gasteiger partial charge in [0.05, 0.1) is 23.5 Å². The molecule has 0 aliphatic carbocycles. The Morgan fingerprint density at radius 1 is 1.00 bits per heavy atom. The van der Waals surface area contributed by atoms with Gasteiger partial charge in [0.15, 0.2) is 5.43 Å². The Bertz CT molecular complexity index is 1250. The first-order valence-electron chi connectivity index (χ1n) is 9.73. The van der Waals surface area contributed by atoms with Crippen LogP contribution in [0.3, 0.4) is 0 Å². The molecule has 0 radical (unpaired) electrons. The fourth-order valence-electron chi connectivity index (χ4n) is 3.67. The summed E-state index contributed by atoms with van der Waals surface area (Å²) in [6, 6.07) is 20.5. The van der Waals surface area contributed by atoms with E-state index in [1.165, 1.54) is 0 Å². The molecule has 6 heteroatoms. The average molecular weight is 396 g/mol. The smallest absolute Gasteiger partial charge is 0.242 e. The Labute approximate surface area is 173 Å². The zero-order valence-electron chi connectivity index (χ0n) is 16.4. The van der Waals surface area contributed by atoms with Crippen LogP contribution < -0.4 is 5.43 Å². The molecular formula is C24H20N4O2. The van der Waals surface area contributed by atoms with Gasteiger partial charge in [-0.3, -0.25) is 14.6 Å². The lowest BCUT2D eigenvalue weighted by Crippen LogP contribution is -2.34. The summed E-state index contributed by atoms with van der Waals surface area (Å²) in [5, 5.41) is 10.2. The topological polar surface area (TPSA) is 79.0 Å². The van der Waals surface area contributed by atoms with E-state index in [1.807, 2.05) is 53.1 Å². The molecule has 2 aromatic carbocycles. The van der Waals surface area contributed by atoms with Crippen LogP contribution in [-0.2, 0) is 17.9 Å². The molecule has 0 unspecified atom stereocenters. The Morgan fingerprint density at radius 3 is 2.27 bits per heavy atom. The molecule has 1 amide bonds. The highest BCUT2D eigenvalue weighted by atomic mass is 16.2. The monoisotopic (exact) mass is 396 g/mol. The van der Waals surface area contributed by atoms with E-state index in [-0.39, 0.29) is 24.3 Å². The van der Waals surface area contributed by atoms with Crippen molar-refractivity contribution < 1.29 is 4.79 Å². The highest BCUT2D eigenvalue weighted by molar-refractivity contribution is 5.94. The van der Waals surface area contributed by atoms with E-state index in [2.05, 4.69) is 11.1 Å². The second kappa shape index (κ2) is 8.58. The summed E-state index contributed by atoms with van der Waals surface area (Å²) in [4.78, 5) is 32.0. The van der Waals surface area contributed by atoms with Crippen molar-refractivity contribution in [1.82, 2.24) is 14.5 Å². The minimum Gasteiger partial charge on any atom is -0.336 e. The largest absolute Gasteiger partial charge is 0.336 e. The molecule has 0 saturated carbocycles. The molecule has 2 heterocycles. The van der Waals surface area contributed by atoms with Crippen molar-refractivity contribution in [3.8, 4) is 6.07 Å². The van der Waals surface area contributed by atoms with Crippen molar-refractivity contribution in [1.29, 1.82) is 5.26 Å². The van der Waals surface area contributed by atoms with Gasteiger partial charge < -0.3 is 9.47 Å². The Morgan fingerprint density at radius 2 is 1.67 bits per heavy atom. The Hall–Kier alpha value is -3.98. The number of hydrogen-bond acceptors (Lipinski definition) is 4. The molecule has 148 valence electrons. The number of benzene rings is 2. The third kappa shape index (κ3) is 3.78. The number of amides is 1. The molecule has 4 aromatic rings. The van der Waals surface area contributed by atoms with Gasteiger partial charge in [0.1, 0.15) is 6.54 Å². The summed E-state index contributed by atoms with van der Waals surface area (Å²) in [6.45, 7) is 0.789. The van der Waals surface area contributed by atoms with Gasteiger partial charge in [-0.05, 0) is 35.9 Å². The van der Waals surface area contributed by atoms with Gasteiger partial charge in [-0.2, -0.15) is 5.26 Å². The maximum atomic E-state index is 13.3. The zero-order chi connectivity index (χ0) is 20.9. The molecule has 30 heavy (non-hydrogen) atoms. The van der Waals surface area contributed by atoms with Gasteiger partial charge in [0.25, 0.3) is 0 Å². The van der Waals surface area contributed by atoms with Crippen molar-refractivity contribution in [2.75, 3.05) is 6.54 Å². The molecule has 0 fully saturated rings. The second-order valence-electron chi connectivity index (χ2n) is 7.03. The summed E-state index contributed by atoms with van der Waals surface area (Å²) in [5.41, 5.74) is 2.30. The summed E-state index contributed by atoms with van der Waals surface area (Å²) < 4.78 is 1.89. The van der Waals surface area contributed by atoms with Gasteiger partial charge in [0, 0.05) is 36.3 Å². The van der Waals surface area contributed by atoms with Crippen LogP contribution in [0.5, 0.6) is 0 Å². The fourth-order valence-corrected chi connectivity index (χ4v) is 3.67. The first kappa shape index (κ1) is 19.3. The molecule has 0 atom stereocenters. The number of carbonyl (C=O) groups excluding carboxylic acids is 1. The highest BCUT2D eigenvalue weighted by Crippen LogP contribution is 2.19. The van der Waals surface area contributed by atoms with Crippen molar-refractivity contribution in [3.05, 3.63) is 88.8 Å². The van der Waals surface area contributed by atoms with Crippen LogP contribution in [-0.4, -0.2) is 26.9 Å². The number of hydrogen-bond donors (Lipinski definition) is 0. The molecule has 0 spiro atoms. The fraction of sp³-hybridized carbons (Fsp3) is 0.167. The Kier molecular flexibility index (Phi) is 5.53. The SMILES string of the molecule is N#CCCN(Cc1cccnc1)C(=O)Cn1c2ccccc2c(=O)c2ccccc21. The predicted octanol–water partition coefficient (Wildman–Crippen LogP) is 3.49. The van der Waals surface area contributed by atoms with Gasteiger partial charge in [-0.25, -0.2) is 0 Å². The molecule has 0 bridgehead atoms. The number of rotatable bonds is 6. The lowest BCUT2D eigenvalue weighted by Gasteiger charge is -2.23. The summed E-state index contributed by atoms with van der Waals surface area (Å²) in [6.07, 6.45) is 3.65. The van der Waals surface area contributed by atoms with Gasteiger partial charge in [-0.1, -0.05) is 30.3 Å². The first-order valence-corrected chi connectivity index (χ1v) is 9.73. The average Bonchev–Trinajstić information content (AvgIpc) is 2.80. The molecule has 4 rings (SSSR count). The molecule has 0 saturated heterocycles. The summed E-state index contributed by atoms with van der Waals surface area (Å²) >= 11 is 0. The second-order valence-corrected chi connectivity index (χ2v) is 7.03. The number of pyridine rings is 2. The van der Waals surface area contributed by atoms with Crippen LogP contribution in [0.4, 0.5) is 0 Å². The van der Waals surface area contributed by atoms with Crippen LogP contribution in [0.15, 0.2) is 77.9 Å². The van der Waals surface area contributed by atoms with Gasteiger partial charge in [0.2, 0.25) is 5.91 Å². The first-order chi connectivity index (χ1) is 14.7. The van der Waals surface area contributed by atoms with Crippen molar-refractivity contribution in [3.63, 3.8) is 0 Å². The zero-order valence-corrected chi connectivity index (χ0v) is 16.4. The lowest BCUT2D eigenvalue weighted by atomic mass is 10.1. The number of nitriles is 1. The third-order valence-corrected chi connectivity index (χ3v) is 5.11. The lowest BCUT2D eigenvalue weighted by molar-refractivity contribution is -0.132. The quantitative estimate of drug-likeness (QED) is 0.467. The number of aromatic nitrogens is 2. The maximum absolute atomic E-state index is 13.3. The van der Waals surface area contributed by atoms with Crippen LogP contribution in [0.1, 0.15) is 12.0 Å². The molecular weight excluding hydrogens is 376 g/mol. The molecule has 0 aliphatic rings. The minimum absolute atomic E-state index is 0.0402. The van der Waals surface area contributed by atoms with Crippen LogP contribution in [0.25, 0.3) is 21.8 Å². The highest BCUT2D eigenvalue weighted by Gasteiger charge is 2.18. The molecule has 2 aromatic heterocycles. The van der Waals surface area contributed by atoms with Crippen molar-refractivity contribution in [2.24, 2.45) is 0 Å². The minimum atomic E-state index is -0.118. The summed E-state index contributed by atoms with van der Waals surface area (Å²) in [7, 11) is 0. The maximum Gasteiger partial charge on any atom is 0.242 e. The number of nitrogens with zero attached hydrogens (tertiary/aromatic N) is 4. The van der Waals surface area contributed by atoms with E-state index in [0.29, 0.717) is 23.9 Å². The number of para-hydroxylation sites is 2. The predicted molar refractivity (Wildman–Crippen MR) is 116 cm³/mol. The van der Waals surface area contributed by atoms with Gasteiger partial charge >= 0.3 is 0 Å². The van der Waals surface area contributed by atoms with E-state index < -0.39 is 0 Å². The van der Waals surface area contributed by atoms with E-state index in [9.17, 15) is 9.59 Å². The molecule has 0 N–H and O–H groups in total. The summed E-state index contributed by atoms with van der Waals surface area (Å²) in [5.74, 6) is -0.118. The molecule has 6 nitrogen and oxygen atoms in total. The number of carbonyl (C=O) groups is 1. The third-order valence-electron chi connectivity index (χ3n) is 5.11. The van der Waals surface area contributed by atoms with Crippen molar-refractivity contribution >= 4 is 27.7 Å². The van der Waals surface area contributed by atoms with Crippen molar-refractivity contribution in [2.45, 2.75) is 19.5 Å². The van der Waals surface area contributed by atoms with Crippen LogP contribution >= 0.6 is 0 Å². The van der Waals surface area contributed by atoms with Crippen LogP contribution in [0, 0.1) is 11.3 Å². The van der Waals surface area contributed by atoms with E-state index in [0.717, 1.165) is 16.6 Å².